The first-order valence-corrected chi connectivity index (χ1v) is 5.30. The molecule has 0 aliphatic carbocycles. The third-order valence-electron chi connectivity index (χ3n) is 2.27. The van der Waals surface area contributed by atoms with E-state index in [2.05, 4.69) is 11.5 Å². The zero-order valence-corrected chi connectivity index (χ0v) is 11.0. The number of ketones is 1. The number of hydrogen-bond acceptors (Lipinski definition) is 1. The number of pyridine rings is 1. The van der Waals surface area contributed by atoms with E-state index in [-0.39, 0.29) is 22.8 Å². The second-order valence-corrected chi connectivity index (χ2v) is 3.46. The van der Waals surface area contributed by atoms with Crippen molar-refractivity contribution in [1.82, 2.24) is 0 Å². The van der Waals surface area contributed by atoms with Crippen molar-refractivity contribution in [2.45, 2.75) is 39.7 Å². The van der Waals surface area contributed by atoms with E-state index >= 15 is 0 Å². The number of carbonyl (C=O) groups is 1. The van der Waals surface area contributed by atoms with Gasteiger partial charge in [0.05, 0.1) is 5.56 Å². The average molecular weight is 272 g/mol. The van der Waals surface area contributed by atoms with Gasteiger partial charge in [-0.15, -0.1) is 0 Å². The standard InChI is InChI=1S/C12H18NO.BrH/c1-3-5-8-13-9-6-7-11(10-13)12(14)4-2;/h6-7,9-10H,3-5,8H2,1-2H3;1H/q+1;/p-1. The third-order valence-corrected chi connectivity index (χ3v) is 2.27. The molecule has 0 amide bonds. The minimum atomic E-state index is 0. The maximum atomic E-state index is 11.4. The molecule has 1 aromatic rings. The van der Waals surface area contributed by atoms with Crippen LogP contribution in [0.15, 0.2) is 24.5 Å². The minimum absolute atomic E-state index is 0. The Kier molecular flexibility index (Phi) is 7.22. The summed E-state index contributed by atoms with van der Waals surface area (Å²) in [5, 5.41) is 0. The summed E-state index contributed by atoms with van der Waals surface area (Å²) >= 11 is 0. The Morgan fingerprint density at radius 3 is 2.73 bits per heavy atom. The lowest BCUT2D eigenvalue weighted by molar-refractivity contribution is -0.697. The van der Waals surface area contributed by atoms with Crippen LogP contribution >= 0.6 is 0 Å². The molecule has 0 fully saturated rings. The minimum Gasteiger partial charge on any atom is -1.00 e. The van der Waals surface area contributed by atoms with Gasteiger partial charge in [-0.3, -0.25) is 4.79 Å². The molecular weight excluding hydrogens is 254 g/mol. The lowest BCUT2D eigenvalue weighted by Gasteiger charge is -1.98. The van der Waals surface area contributed by atoms with E-state index < -0.39 is 0 Å². The normalized spacial score (nSPS) is 9.47. The Bertz CT molecular complexity index is 312. The number of hydrogen-bond donors (Lipinski definition) is 0. The fraction of sp³-hybridized carbons (Fsp3) is 0.500. The molecule has 0 saturated heterocycles. The van der Waals surface area contributed by atoms with Gasteiger partial charge in [0.15, 0.2) is 18.2 Å². The van der Waals surface area contributed by atoms with Gasteiger partial charge < -0.3 is 17.0 Å². The summed E-state index contributed by atoms with van der Waals surface area (Å²) < 4.78 is 2.09. The second-order valence-electron chi connectivity index (χ2n) is 3.46. The molecule has 0 aliphatic rings. The Balaban J connectivity index is 0.00000196. The predicted octanol–water partition coefficient (Wildman–Crippen LogP) is -0.629. The molecule has 84 valence electrons. The predicted molar refractivity (Wildman–Crippen MR) is 56.2 cm³/mol. The first kappa shape index (κ1) is 14.3. The molecule has 3 heteroatoms. The maximum Gasteiger partial charge on any atom is 0.179 e. The zero-order valence-electron chi connectivity index (χ0n) is 9.37. The maximum absolute atomic E-state index is 11.4. The van der Waals surface area contributed by atoms with Crippen LogP contribution in [0.3, 0.4) is 0 Å². The first-order chi connectivity index (χ1) is 6.77. The van der Waals surface area contributed by atoms with Crippen molar-refractivity contribution < 1.29 is 26.3 Å². The van der Waals surface area contributed by atoms with Crippen molar-refractivity contribution in [3.63, 3.8) is 0 Å². The lowest BCUT2D eigenvalue weighted by atomic mass is 10.1. The number of halogens is 1. The molecule has 1 rings (SSSR count). The summed E-state index contributed by atoms with van der Waals surface area (Å²) in [4.78, 5) is 11.4. The monoisotopic (exact) mass is 271 g/mol. The summed E-state index contributed by atoms with van der Waals surface area (Å²) in [6.45, 7) is 5.06. The molecule has 0 N–H and O–H groups in total. The highest BCUT2D eigenvalue weighted by Crippen LogP contribution is 1.99. The van der Waals surface area contributed by atoms with Gasteiger partial charge >= 0.3 is 0 Å². The summed E-state index contributed by atoms with van der Waals surface area (Å²) in [5.41, 5.74) is 0.825. The largest absolute Gasteiger partial charge is 1.00 e. The molecule has 1 aromatic heterocycles. The SMILES string of the molecule is CCCC[n+]1cccc(C(=O)CC)c1.[Br-]. The van der Waals surface area contributed by atoms with Crippen LogP contribution in [-0.4, -0.2) is 5.78 Å². The van der Waals surface area contributed by atoms with Crippen molar-refractivity contribution in [2.75, 3.05) is 0 Å². The fourth-order valence-corrected chi connectivity index (χ4v) is 1.37. The molecule has 0 saturated carbocycles. The molecule has 1 heterocycles. The van der Waals surface area contributed by atoms with Gasteiger partial charge in [0, 0.05) is 18.9 Å². The van der Waals surface area contributed by atoms with Crippen LogP contribution in [0.5, 0.6) is 0 Å². The van der Waals surface area contributed by atoms with E-state index in [1.807, 2.05) is 31.5 Å². The summed E-state index contributed by atoms with van der Waals surface area (Å²) in [7, 11) is 0. The van der Waals surface area contributed by atoms with Crippen molar-refractivity contribution in [3.05, 3.63) is 30.1 Å². The molecule has 0 unspecified atom stereocenters. The van der Waals surface area contributed by atoms with Crippen LogP contribution in [-0.2, 0) is 6.54 Å². The molecule has 0 bridgehead atoms. The van der Waals surface area contributed by atoms with Crippen molar-refractivity contribution in [2.24, 2.45) is 0 Å². The van der Waals surface area contributed by atoms with Gasteiger partial charge in [-0.1, -0.05) is 20.3 Å². The van der Waals surface area contributed by atoms with E-state index in [1.165, 1.54) is 6.42 Å². The van der Waals surface area contributed by atoms with Crippen molar-refractivity contribution >= 4 is 5.78 Å². The van der Waals surface area contributed by atoms with E-state index in [9.17, 15) is 4.79 Å². The highest BCUT2D eigenvalue weighted by molar-refractivity contribution is 5.95. The molecule has 2 nitrogen and oxygen atoms in total. The molecule has 0 aliphatic heterocycles. The van der Waals surface area contributed by atoms with Gasteiger partial charge in [0.1, 0.15) is 6.54 Å². The van der Waals surface area contributed by atoms with Crippen LogP contribution in [0.4, 0.5) is 0 Å². The van der Waals surface area contributed by atoms with Gasteiger partial charge in [-0.25, -0.2) is 4.57 Å². The molecule has 0 spiro atoms. The quantitative estimate of drug-likeness (QED) is 0.516. The van der Waals surface area contributed by atoms with Gasteiger partial charge in [-0.05, 0) is 6.07 Å². The molecular formula is C12H18BrNO. The van der Waals surface area contributed by atoms with Crippen LogP contribution in [0.2, 0.25) is 0 Å². The molecule has 0 radical (unpaired) electrons. The Morgan fingerprint density at radius 2 is 2.13 bits per heavy atom. The second kappa shape index (κ2) is 7.57. The topological polar surface area (TPSA) is 20.9 Å². The lowest BCUT2D eigenvalue weighted by Crippen LogP contribution is -3.00. The summed E-state index contributed by atoms with van der Waals surface area (Å²) in [6, 6.07) is 3.83. The van der Waals surface area contributed by atoms with Crippen LogP contribution in [0, 0.1) is 0 Å². The summed E-state index contributed by atoms with van der Waals surface area (Å²) in [6.07, 6.45) is 6.88. The molecule has 15 heavy (non-hydrogen) atoms. The highest BCUT2D eigenvalue weighted by Gasteiger charge is 2.07. The number of rotatable bonds is 5. The number of Topliss-reactive ketones (excluding diaryl/α,β-unsaturated/α-hetero) is 1. The van der Waals surface area contributed by atoms with Crippen molar-refractivity contribution in [3.8, 4) is 0 Å². The fourth-order valence-electron chi connectivity index (χ4n) is 1.37. The number of nitrogens with zero attached hydrogens (tertiary/aromatic N) is 1. The Morgan fingerprint density at radius 1 is 1.40 bits per heavy atom. The smallest absolute Gasteiger partial charge is 0.179 e. The van der Waals surface area contributed by atoms with Crippen LogP contribution in [0.1, 0.15) is 43.5 Å². The van der Waals surface area contributed by atoms with Gasteiger partial charge in [-0.2, -0.15) is 0 Å². The van der Waals surface area contributed by atoms with E-state index in [0.29, 0.717) is 6.42 Å². The number of aromatic nitrogens is 1. The van der Waals surface area contributed by atoms with E-state index in [0.717, 1.165) is 18.5 Å². The number of unbranched alkanes of at least 4 members (excludes halogenated alkanes) is 1. The number of carbonyl (C=O) groups excluding carboxylic acids is 1. The van der Waals surface area contributed by atoms with E-state index in [1.54, 1.807) is 0 Å². The van der Waals surface area contributed by atoms with Crippen molar-refractivity contribution in [1.29, 1.82) is 0 Å². The van der Waals surface area contributed by atoms with E-state index in [4.69, 9.17) is 0 Å². The summed E-state index contributed by atoms with van der Waals surface area (Å²) in [5.74, 6) is 0.218. The third kappa shape index (κ3) is 4.56. The zero-order chi connectivity index (χ0) is 10.4. The Labute approximate surface area is 102 Å². The molecule has 0 aromatic carbocycles. The van der Waals surface area contributed by atoms with Crippen LogP contribution < -0.4 is 21.5 Å². The number of aryl methyl sites for hydroxylation is 1. The van der Waals surface area contributed by atoms with Gasteiger partial charge in [0.25, 0.3) is 0 Å². The molecule has 0 atom stereocenters. The highest BCUT2D eigenvalue weighted by atomic mass is 79.9. The van der Waals surface area contributed by atoms with Crippen LogP contribution in [0.25, 0.3) is 0 Å². The first-order valence-electron chi connectivity index (χ1n) is 5.30. The van der Waals surface area contributed by atoms with Gasteiger partial charge in [0.2, 0.25) is 0 Å². The Hall–Kier alpha value is -0.700. The average Bonchev–Trinajstić information content (AvgIpc) is 2.25.